The lowest BCUT2D eigenvalue weighted by Crippen LogP contribution is -2.27. The van der Waals surface area contributed by atoms with Gasteiger partial charge in [-0.2, -0.15) is 4.98 Å². The maximum Gasteiger partial charge on any atom is 0.225 e. The van der Waals surface area contributed by atoms with Crippen molar-refractivity contribution in [3.05, 3.63) is 39.3 Å². The Morgan fingerprint density at radius 3 is 2.52 bits per heavy atom. The summed E-state index contributed by atoms with van der Waals surface area (Å²) in [5.41, 5.74) is 1.31. The van der Waals surface area contributed by atoms with Gasteiger partial charge >= 0.3 is 0 Å². The van der Waals surface area contributed by atoms with Crippen LogP contribution in [0.5, 0.6) is 0 Å². The molecule has 1 aliphatic rings. The second-order valence-electron chi connectivity index (χ2n) is 6.90. The van der Waals surface area contributed by atoms with E-state index in [0.717, 1.165) is 22.1 Å². The van der Waals surface area contributed by atoms with E-state index in [2.05, 4.69) is 64.0 Å². The van der Waals surface area contributed by atoms with Gasteiger partial charge in [0.2, 0.25) is 5.95 Å². The molecular weight excluding hydrogens is 406 g/mol. The summed E-state index contributed by atoms with van der Waals surface area (Å²) in [6.07, 6.45) is 2.31. The van der Waals surface area contributed by atoms with E-state index in [4.69, 9.17) is 0 Å². The van der Waals surface area contributed by atoms with Crippen molar-refractivity contribution in [2.75, 3.05) is 10.6 Å². The molecule has 1 aromatic heterocycles. The van der Waals surface area contributed by atoms with E-state index in [1.807, 2.05) is 12.1 Å². The molecular formula is C17H20FIN4. The molecule has 0 amide bonds. The minimum absolute atomic E-state index is 0.131. The standard InChI is InChI=1S/C17H20FIN4/c1-17(2,3)23-16-21-14(10-4-5-10)9-15(22-16)20-13-7-6-11(19)8-12(13)18/h6-10H,4-5H2,1-3H3,(H2,20,21,22,23). The van der Waals surface area contributed by atoms with Gasteiger partial charge in [-0.1, -0.05) is 0 Å². The van der Waals surface area contributed by atoms with Crippen molar-refractivity contribution in [3.63, 3.8) is 0 Å². The van der Waals surface area contributed by atoms with Crippen LogP contribution in [0.15, 0.2) is 24.3 Å². The number of rotatable bonds is 4. The molecule has 1 saturated carbocycles. The highest BCUT2D eigenvalue weighted by Gasteiger charge is 2.27. The van der Waals surface area contributed by atoms with Crippen LogP contribution in [0.4, 0.5) is 21.8 Å². The molecule has 0 spiro atoms. The van der Waals surface area contributed by atoms with Crippen LogP contribution in [0, 0.1) is 9.39 Å². The van der Waals surface area contributed by atoms with Crippen molar-refractivity contribution in [1.82, 2.24) is 9.97 Å². The Hall–Kier alpha value is -1.44. The third-order valence-electron chi connectivity index (χ3n) is 3.42. The average Bonchev–Trinajstić information content (AvgIpc) is 3.24. The summed E-state index contributed by atoms with van der Waals surface area (Å²) < 4.78 is 14.9. The Bertz CT molecular complexity index is 723. The van der Waals surface area contributed by atoms with E-state index in [1.165, 1.54) is 6.07 Å². The highest BCUT2D eigenvalue weighted by molar-refractivity contribution is 14.1. The molecule has 1 heterocycles. The first-order valence-corrected chi connectivity index (χ1v) is 8.77. The van der Waals surface area contributed by atoms with E-state index in [9.17, 15) is 4.39 Å². The minimum atomic E-state index is -0.284. The summed E-state index contributed by atoms with van der Waals surface area (Å²) in [7, 11) is 0. The van der Waals surface area contributed by atoms with Crippen molar-refractivity contribution in [2.24, 2.45) is 0 Å². The van der Waals surface area contributed by atoms with E-state index in [0.29, 0.717) is 23.4 Å². The van der Waals surface area contributed by atoms with Crippen LogP contribution in [-0.2, 0) is 0 Å². The molecule has 2 aromatic rings. The molecule has 0 unspecified atom stereocenters. The molecule has 23 heavy (non-hydrogen) atoms. The van der Waals surface area contributed by atoms with Crippen LogP contribution < -0.4 is 10.6 Å². The molecule has 3 rings (SSSR count). The van der Waals surface area contributed by atoms with Crippen molar-refractivity contribution >= 4 is 40.0 Å². The number of anilines is 3. The molecule has 0 bridgehead atoms. The number of nitrogens with one attached hydrogen (secondary N) is 2. The average molecular weight is 426 g/mol. The minimum Gasteiger partial charge on any atom is -0.350 e. The van der Waals surface area contributed by atoms with Gasteiger partial charge in [-0.15, -0.1) is 0 Å². The van der Waals surface area contributed by atoms with Crippen LogP contribution >= 0.6 is 22.6 Å². The zero-order valence-corrected chi connectivity index (χ0v) is 15.6. The first-order valence-electron chi connectivity index (χ1n) is 7.69. The van der Waals surface area contributed by atoms with Crippen LogP contribution in [0.2, 0.25) is 0 Å². The normalized spacial score (nSPS) is 14.7. The van der Waals surface area contributed by atoms with Gasteiger partial charge in [0.1, 0.15) is 11.6 Å². The van der Waals surface area contributed by atoms with Crippen molar-refractivity contribution in [2.45, 2.75) is 45.1 Å². The summed E-state index contributed by atoms with van der Waals surface area (Å²) >= 11 is 2.09. The van der Waals surface area contributed by atoms with Crippen molar-refractivity contribution in [1.29, 1.82) is 0 Å². The Morgan fingerprint density at radius 2 is 1.91 bits per heavy atom. The van der Waals surface area contributed by atoms with Gasteiger partial charge in [0.05, 0.1) is 11.4 Å². The SMILES string of the molecule is CC(C)(C)Nc1nc(Nc2ccc(I)cc2F)cc(C2CC2)n1. The number of nitrogens with zero attached hydrogens (tertiary/aromatic N) is 2. The van der Waals surface area contributed by atoms with Crippen LogP contribution in [0.25, 0.3) is 0 Å². The molecule has 2 N–H and O–H groups in total. The van der Waals surface area contributed by atoms with Crippen LogP contribution in [0.1, 0.15) is 45.2 Å². The number of hydrogen-bond donors (Lipinski definition) is 2. The summed E-state index contributed by atoms with van der Waals surface area (Å²) in [6.45, 7) is 6.18. The van der Waals surface area contributed by atoms with Gasteiger partial charge in [-0.25, -0.2) is 9.37 Å². The quantitative estimate of drug-likeness (QED) is 0.672. The topological polar surface area (TPSA) is 49.8 Å². The van der Waals surface area contributed by atoms with Gasteiger partial charge in [0.25, 0.3) is 0 Å². The largest absolute Gasteiger partial charge is 0.350 e. The zero-order valence-electron chi connectivity index (χ0n) is 13.5. The molecule has 122 valence electrons. The molecule has 6 heteroatoms. The Kier molecular flexibility index (Phi) is 4.44. The molecule has 1 aromatic carbocycles. The van der Waals surface area contributed by atoms with Gasteiger partial charge < -0.3 is 10.6 Å². The van der Waals surface area contributed by atoms with Gasteiger partial charge in [-0.3, -0.25) is 0 Å². The van der Waals surface area contributed by atoms with Crippen molar-refractivity contribution in [3.8, 4) is 0 Å². The number of halogens is 2. The van der Waals surface area contributed by atoms with E-state index in [-0.39, 0.29) is 11.4 Å². The number of benzene rings is 1. The second kappa shape index (κ2) is 6.22. The molecule has 1 fully saturated rings. The lowest BCUT2D eigenvalue weighted by molar-refractivity contribution is 0.624. The molecule has 0 atom stereocenters. The van der Waals surface area contributed by atoms with Crippen LogP contribution in [0.3, 0.4) is 0 Å². The van der Waals surface area contributed by atoms with E-state index in [1.54, 1.807) is 6.07 Å². The van der Waals surface area contributed by atoms with Crippen LogP contribution in [-0.4, -0.2) is 15.5 Å². The predicted molar refractivity (Wildman–Crippen MR) is 99.8 cm³/mol. The van der Waals surface area contributed by atoms with Gasteiger partial charge in [-0.05, 0) is 74.4 Å². The molecule has 0 saturated heterocycles. The van der Waals surface area contributed by atoms with Gasteiger partial charge in [0.15, 0.2) is 0 Å². The molecule has 4 nitrogen and oxygen atoms in total. The zero-order chi connectivity index (χ0) is 16.6. The van der Waals surface area contributed by atoms with Gasteiger partial charge in [0, 0.05) is 21.1 Å². The highest BCUT2D eigenvalue weighted by atomic mass is 127. The smallest absolute Gasteiger partial charge is 0.225 e. The first-order chi connectivity index (χ1) is 10.8. The Labute approximate surface area is 149 Å². The number of hydrogen-bond acceptors (Lipinski definition) is 4. The summed E-state index contributed by atoms with van der Waals surface area (Å²) in [4.78, 5) is 9.09. The molecule has 0 aliphatic heterocycles. The Balaban J connectivity index is 1.91. The fourth-order valence-corrected chi connectivity index (χ4v) is 2.69. The lowest BCUT2D eigenvalue weighted by atomic mass is 10.1. The summed E-state index contributed by atoms with van der Waals surface area (Å²) in [5, 5.41) is 6.38. The maximum absolute atomic E-state index is 14.1. The summed E-state index contributed by atoms with van der Waals surface area (Å²) in [5.74, 6) is 1.42. The third-order valence-corrected chi connectivity index (χ3v) is 4.09. The maximum atomic E-state index is 14.1. The third kappa shape index (κ3) is 4.53. The number of aromatic nitrogens is 2. The molecule has 0 radical (unpaired) electrons. The first kappa shape index (κ1) is 16.4. The van der Waals surface area contributed by atoms with Crippen molar-refractivity contribution < 1.29 is 4.39 Å². The predicted octanol–water partition coefficient (Wildman–Crippen LogP) is 5.05. The summed E-state index contributed by atoms with van der Waals surface area (Å²) in [6, 6.07) is 7.01. The highest BCUT2D eigenvalue weighted by Crippen LogP contribution is 2.40. The fourth-order valence-electron chi connectivity index (χ4n) is 2.24. The van der Waals surface area contributed by atoms with E-state index >= 15 is 0 Å². The lowest BCUT2D eigenvalue weighted by Gasteiger charge is -2.21. The Morgan fingerprint density at radius 1 is 1.17 bits per heavy atom. The van der Waals surface area contributed by atoms with E-state index < -0.39 is 0 Å². The molecule has 1 aliphatic carbocycles. The monoisotopic (exact) mass is 426 g/mol. The second-order valence-corrected chi connectivity index (χ2v) is 8.15. The fraction of sp³-hybridized carbons (Fsp3) is 0.412.